The van der Waals surface area contributed by atoms with E-state index in [2.05, 4.69) is 26.1 Å². The summed E-state index contributed by atoms with van der Waals surface area (Å²) in [5.74, 6) is 1.27. The molecule has 16 heavy (non-hydrogen) atoms. The van der Waals surface area contributed by atoms with Crippen LogP contribution in [0.1, 0.15) is 0 Å². The lowest BCUT2D eigenvalue weighted by atomic mass is 10.4. The summed E-state index contributed by atoms with van der Waals surface area (Å²) in [5.41, 5.74) is 0.617. The molecule has 3 aromatic rings. The van der Waals surface area contributed by atoms with Gasteiger partial charge in [-0.15, -0.1) is 10.2 Å². The maximum atomic E-state index is 6.00. The monoisotopic (exact) mass is 297 g/mol. The van der Waals surface area contributed by atoms with Gasteiger partial charge in [0.15, 0.2) is 16.1 Å². The largest absolute Gasteiger partial charge is 0.446 e. The van der Waals surface area contributed by atoms with E-state index in [0.717, 1.165) is 0 Å². The van der Waals surface area contributed by atoms with E-state index in [1.165, 1.54) is 0 Å². The van der Waals surface area contributed by atoms with Crippen LogP contribution in [0.2, 0.25) is 5.02 Å². The first-order chi connectivity index (χ1) is 7.75. The first-order valence-electron chi connectivity index (χ1n) is 4.50. The van der Waals surface area contributed by atoms with Crippen molar-refractivity contribution in [1.29, 1.82) is 0 Å². The van der Waals surface area contributed by atoms with Crippen LogP contribution < -0.4 is 0 Å². The predicted molar refractivity (Wildman–Crippen MR) is 63.4 cm³/mol. The van der Waals surface area contributed by atoms with Crippen LogP contribution >= 0.6 is 27.5 Å². The Morgan fingerprint density at radius 3 is 2.88 bits per heavy atom. The number of halogens is 2. The third-order valence-electron chi connectivity index (χ3n) is 2.18. The highest BCUT2D eigenvalue weighted by Crippen LogP contribution is 2.25. The van der Waals surface area contributed by atoms with Gasteiger partial charge in [-0.25, -0.2) is 0 Å². The molecule has 0 aliphatic heterocycles. The summed E-state index contributed by atoms with van der Waals surface area (Å²) >= 11 is 9.25. The zero-order valence-electron chi connectivity index (χ0n) is 7.89. The van der Waals surface area contributed by atoms with Gasteiger partial charge in [-0.2, -0.15) is 0 Å². The number of pyridine rings is 1. The molecule has 0 spiro atoms. The van der Waals surface area contributed by atoms with E-state index in [1.807, 2.05) is 18.3 Å². The second kappa shape index (κ2) is 3.61. The van der Waals surface area contributed by atoms with Crippen LogP contribution in [0.4, 0.5) is 0 Å². The highest BCUT2D eigenvalue weighted by atomic mass is 79.9. The molecule has 0 amide bonds. The minimum Gasteiger partial charge on any atom is -0.446 e. The van der Waals surface area contributed by atoms with Crippen LogP contribution in [0.15, 0.2) is 39.5 Å². The molecule has 4 nitrogen and oxygen atoms in total. The molecular formula is C10H5BrClN3O. The number of nitrogens with zero attached hydrogens (tertiary/aromatic N) is 3. The minimum absolute atomic E-state index is 0.562. The second-order valence-electron chi connectivity index (χ2n) is 3.18. The molecule has 0 fully saturated rings. The Balaban J connectivity index is 2.29. The summed E-state index contributed by atoms with van der Waals surface area (Å²) in [4.78, 5) is 0. The molecule has 0 N–H and O–H groups in total. The fraction of sp³-hybridized carbons (Fsp3) is 0. The molecule has 0 aromatic carbocycles. The lowest BCUT2D eigenvalue weighted by molar-refractivity contribution is 0.550. The first-order valence-corrected chi connectivity index (χ1v) is 5.68. The molecule has 3 heterocycles. The summed E-state index contributed by atoms with van der Waals surface area (Å²) in [7, 11) is 0. The van der Waals surface area contributed by atoms with Crippen molar-refractivity contribution in [2.45, 2.75) is 0 Å². The van der Waals surface area contributed by atoms with Crippen LogP contribution in [0.25, 0.3) is 17.2 Å². The molecule has 0 bridgehead atoms. The Morgan fingerprint density at radius 2 is 2.12 bits per heavy atom. The van der Waals surface area contributed by atoms with Gasteiger partial charge in [0.05, 0.1) is 5.02 Å². The lowest BCUT2D eigenvalue weighted by Gasteiger charge is -1.96. The quantitative estimate of drug-likeness (QED) is 0.691. The molecule has 0 unspecified atom stereocenters. The number of furan rings is 1. The SMILES string of the molecule is Clc1cccn2c(-c3ccc(Br)o3)nnc12. The number of hydrogen-bond acceptors (Lipinski definition) is 3. The third-order valence-corrected chi connectivity index (χ3v) is 2.90. The second-order valence-corrected chi connectivity index (χ2v) is 4.37. The summed E-state index contributed by atoms with van der Waals surface area (Å²) in [6.45, 7) is 0. The van der Waals surface area contributed by atoms with Gasteiger partial charge in [-0.1, -0.05) is 11.6 Å². The highest BCUT2D eigenvalue weighted by molar-refractivity contribution is 9.10. The van der Waals surface area contributed by atoms with Crippen molar-refractivity contribution < 1.29 is 4.42 Å². The number of fused-ring (bicyclic) bond motifs is 1. The molecule has 6 heteroatoms. The Hall–Kier alpha value is -1.33. The molecule has 0 aliphatic rings. The molecule has 80 valence electrons. The normalized spacial score (nSPS) is 11.1. The molecular weight excluding hydrogens is 293 g/mol. The number of aromatic nitrogens is 3. The maximum Gasteiger partial charge on any atom is 0.204 e. The van der Waals surface area contributed by atoms with Gasteiger partial charge in [0.1, 0.15) is 0 Å². The number of hydrogen-bond donors (Lipinski definition) is 0. The van der Waals surface area contributed by atoms with Crippen molar-refractivity contribution >= 4 is 33.2 Å². The third kappa shape index (κ3) is 1.44. The standard InChI is InChI=1S/C10H5BrClN3O/c11-8-4-3-7(16-8)10-14-13-9-6(12)2-1-5-15(9)10/h1-5H. The summed E-state index contributed by atoms with van der Waals surface area (Å²) < 4.78 is 7.87. The van der Waals surface area contributed by atoms with Crippen molar-refractivity contribution in [2.75, 3.05) is 0 Å². The van der Waals surface area contributed by atoms with Gasteiger partial charge >= 0.3 is 0 Å². The van der Waals surface area contributed by atoms with Crippen molar-refractivity contribution in [1.82, 2.24) is 14.6 Å². The summed E-state index contributed by atoms with van der Waals surface area (Å²) in [5, 5.41) is 8.63. The Labute approximate surface area is 104 Å². The minimum atomic E-state index is 0.562. The van der Waals surface area contributed by atoms with Crippen LogP contribution in [0.3, 0.4) is 0 Å². The zero-order chi connectivity index (χ0) is 11.1. The maximum absolute atomic E-state index is 6.00. The lowest BCUT2D eigenvalue weighted by Crippen LogP contribution is -1.87. The van der Waals surface area contributed by atoms with E-state index < -0.39 is 0 Å². The van der Waals surface area contributed by atoms with Crippen LogP contribution in [-0.4, -0.2) is 14.6 Å². The van der Waals surface area contributed by atoms with Gasteiger partial charge in [-0.3, -0.25) is 4.40 Å². The van der Waals surface area contributed by atoms with E-state index in [1.54, 1.807) is 16.5 Å². The Kier molecular flexibility index (Phi) is 2.22. The van der Waals surface area contributed by atoms with E-state index in [-0.39, 0.29) is 0 Å². The van der Waals surface area contributed by atoms with E-state index >= 15 is 0 Å². The molecule has 3 rings (SSSR count). The molecule has 3 aromatic heterocycles. The number of rotatable bonds is 1. The molecule has 0 radical (unpaired) electrons. The van der Waals surface area contributed by atoms with Gasteiger partial charge < -0.3 is 4.42 Å². The molecule has 0 saturated heterocycles. The zero-order valence-corrected chi connectivity index (χ0v) is 10.2. The molecule has 0 saturated carbocycles. The fourth-order valence-electron chi connectivity index (χ4n) is 1.49. The Bertz CT molecular complexity index is 661. The van der Waals surface area contributed by atoms with Gasteiger partial charge in [-0.05, 0) is 40.2 Å². The van der Waals surface area contributed by atoms with Crippen molar-refractivity contribution in [2.24, 2.45) is 0 Å². The molecule has 0 atom stereocenters. The average molecular weight is 299 g/mol. The van der Waals surface area contributed by atoms with Crippen molar-refractivity contribution in [3.05, 3.63) is 40.2 Å². The van der Waals surface area contributed by atoms with E-state index in [4.69, 9.17) is 16.0 Å². The van der Waals surface area contributed by atoms with Crippen molar-refractivity contribution in [3.8, 4) is 11.6 Å². The topological polar surface area (TPSA) is 43.3 Å². The van der Waals surface area contributed by atoms with E-state index in [0.29, 0.717) is 26.9 Å². The summed E-state index contributed by atoms with van der Waals surface area (Å²) in [6.07, 6.45) is 1.84. The van der Waals surface area contributed by atoms with E-state index in [9.17, 15) is 0 Å². The Morgan fingerprint density at radius 1 is 1.25 bits per heavy atom. The van der Waals surface area contributed by atoms with Gasteiger partial charge in [0, 0.05) is 6.20 Å². The molecule has 0 aliphatic carbocycles. The van der Waals surface area contributed by atoms with Crippen LogP contribution in [0, 0.1) is 0 Å². The van der Waals surface area contributed by atoms with Gasteiger partial charge in [0.2, 0.25) is 5.82 Å². The smallest absolute Gasteiger partial charge is 0.204 e. The van der Waals surface area contributed by atoms with Gasteiger partial charge in [0.25, 0.3) is 0 Å². The summed E-state index contributed by atoms with van der Waals surface area (Å²) in [6, 6.07) is 7.23. The van der Waals surface area contributed by atoms with Crippen LogP contribution in [-0.2, 0) is 0 Å². The fourth-order valence-corrected chi connectivity index (χ4v) is 1.99. The predicted octanol–water partition coefficient (Wildman–Crippen LogP) is 3.41. The first kappa shape index (κ1) is 9.86. The average Bonchev–Trinajstić information content (AvgIpc) is 2.84. The van der Waals surface area contributed by atoms with Crippen LogP contribution in [0.5, 0.6) is 0 Å². The highest BCUT2D eigenvalue weighted by Gasteiger charge is 2.12. The van der Waals surface area contributed by atoms with Crippen molar-refractivity contribution in [3.63, 3.8) is 0 Å².